The molecule has 0 aromatic heterocycles. The lowest BCUT2D eigenvalue weighted by molar-refractivity contribution is -0.121. The van der Waals surface area contributed by atoms with Gasteiger partial charge in [-0.1, -0.05) is 54.6 Å². The van der Waals surface area contributed by atoms with Gasteiger partial charge in [-0.3, -0.25) is 4.79 Å². The molecule has 0 bridgehead atoms. The Balaban J connectivity index is 0.000000218. The average molecular weight is 399 g/mol. The summed E-state index contributed by atoms with van der Waals surface area (Å²) in [5.41, 5.74) is 2.80. The van der Waals surface area contributed by atoms with Crippen LogP contribution in [0.2, 0.25) is 0 Å². The molecule has 0 spiro atoms. The van der Waals surface area contributed by atoms with Crippen LogP contribution in [0.4, 0.5) is 4.79 Å². The van der Waals surface area contributed by atoms with Crippen LogP contribution in [-0.4, -0.2) is 29.3 Å². The molecule has 6 nitrogen and oxygen atoms in total. The highest BCUT2D eigenvalue weighted by Crippen LogP contribution is 2.14. The highest BCUT2D eigenvalue weighted by Gasteiger charge is 2.17. The Labute approximate surface area is 172 Å². The number of hydrogen-bond donors (Lipinski definition) is 3. The number of amides is 2. The number of nitrogens with one attached hydrogen (secondary N) is 2. The molecule has 2 aromatic rings. The van der Waals surface area contributed by atoms with Gasteiger partial charge in [0.1, 0.15) is 5.60 Å². The van der Waals surface area contributed by atoms with Crippen LogP contribution in [0.3, 0.4) is 0 Å². The molecule has 0 saturated heterocycles. The summed E-state index contributed by atoms with van der Waals surface area (Å²) in [5.74, 6) is 0.159. The smallest absolute Gasteiger partial charge is 0.407 e. The van der Waals surface area contributed by atoms with Gasteiger partial charge in [-0.15, -0.1) is 0 Å². The standard InChI is InChI=1S/C13H19NO3.C10H11NO/c1-13(2,3)17-12(16)14-9-11(15)10-7-5-4-6-8-10;12-10-6-5-8-3-1-2-4-9(8)7-11-10/h4-8,11,15H,9H2,1-3H3,(H,14,16);1-4H,5-7H2,(H,11,12). The van der Waals surface area contributed by atoms with Crippen molar-refractivity contribution >= 4 is 12.0 Å². The number of aliphatic hydroxyl groups excluding tert-OH is 1. The Morgan fingerprint density at radius 1 is 1.07 bits per heavy atom. The van der Waals surface area contributed by atoms with E-state index in [1.807, 2.05) is 30.3 Å². The number of benzene rings is 2. The molecule has 2 aromatic carbocycles. The zero-order valence-corrected chi connectivity index (χ0v) is 17.3. The third kappa shape index (κ3) is 8.35. The first kappa shape index (κ1) is 22.4. The molecule has 1 heterocycles. The quantitative estimate of drug-likeness (QED) is 0.739. The molecule has 0 fully saturated rings. The SMILES string of the molecule is CC(C)(C)OC(=O)NCC(O)c1ccccc1.O=C1CCc2ccccc2CN1. The van der Waals surface area contributed by atoms with Gasteiger partial charge in [-0.25, -0.2) is 4.79 Å². The Morgan fingerprint density at radius 3 is 2.34 bits per heavy atom. The molecule has 1 aliphatic heterocycles. The predicted octanol–water partition coefficient (Wildman–Crippen LogP) is 3.49. The molecule has 3 rings (SSSR count). The topological polar surface area (TPSA) is 87.7 Å². The summed E-state index contributed by atoms with van der Waals surface area (Å²) in [5, 5.41) is 15.2. The molecule has 0 aliphatic carbocycles. The summed E-state index contributed by atoms with van der Waals surface area (Å²) in [6, 6.07) is 17.4. The van der Waals surface area contributed by atoms with Crippen LogP contribution in [0.1, 0.15) is 50.0 Å². The predicted molar refractivity (Wildman–Crippen MR) is 112 cm³/mol. The largest absolute Gasteiger partial charge is 0.444 e. The van der Waals surface area contributed by atoms with Crippen LogP contribution in [0, 0.1) is 0 Å². The monoisotopic (exact) mass is 398 g/mol. The molecule has 1 atom stereocenters. The maximum Gasteiger partial charge on any atom is 0.407 e. The van der Waals surface area contributed by atoms with Gasteiger partial charge >= 0.3 is 6.09 Å². The zero-order chi connectivity index (χ0) is 21.3. The lowest BCUT2D eigenvalue weighted by atomic mass is 10.0. The van der Waals surface area contributed by atoms with E-state index >= 15 is 0 Å². The fraction of sp³-hybridized carbons (Fsp3) is 0.391. The first-order valence-electron chi connectivity index (χ1n) is 9.78. The molecule has 6 heteroatoms. The highest BCUT2D eigenvalue weighted by molar-refractivity contribution is 5.76. The van der Waals surface area contributed by atoms with Crippen molar-refractivity contribution in [3.05, 3.63) is 71.3 Å². The summed E-state index contributed by atoms with van der Waals surface area (Å²) >= 11 is 0. The average Bonchev–Trinajstić information content (AvgIpc) is 2.88. The second-order valence-electron chi connectivity index (χ2n) is 7.85. The van der Waals surface area contributed by atoms with Crippen molar-refractivity contribution in [3.8, 4) is 0 Å². The van der Waals surface area contributed by atoms with Crippen LogP contribution < -0.4 is 10.6 Å². The van der Waals surface area contributed by atoms with E-state index in [-0.39, 0.29) is 12.5 Å². The Bertz CT molecular complexity index is 771. The van der Waals surface area contributed by atoms with E-state index in [0.29, 0.717) is 13.0 Å². The van der Waals surface area contributed by atoms with Crippen LogP contribution in [0.25, 0.3) is 0 Å². The molecular weight excluding hydrogens is 368 g/mol. The molecule has 0 radical (unpaired) electrons. The van der Waals surface area contributed by atoms with Crippen LogP contribution in [0.15, 0.2) is 54.6 Å². The number of aliphatic hydroxyl groups is 1. The van der Waals surface area contributed by atoms with Gasteiger partial charge in [0.15, 0.2) is 0 Å². The Hall–Kier alpha value is -2.86. The third-order valence-corrected chi connectivity index (χ3v) is 4.24. The lowest BCUT2D eigenvalue weighted by Crippen LogP contribution is -2.34. The highest BCUT2D eigenvalue weighted by atomic mass is 16.6. The van der Waals surface area contributed by atoms with Crippen LogP contribution in [-0.2, 0) is 22.5 Å². The summed E-state index contributed by atoms with van der Waals surface area (Å²) < 4.78 is 5.06. The molecule has 29 heavy (non-hydrogen) atoms. The zero-order valence-electron chi connectivity index (χ0n) is 17.3. The Morgan fingerprint density at radius 2 is 1.69 bits per heavy atom. The van der Waals surface area contributed by atoms with Gasteiger partial charge in [-0.05, 0) is 43.9 Å². The van der Waals surface area contributed by atoms with Gasteiger partial charge in [0.25, 0.3) is 0 Å². The van der Waals surface area contributed by atoms with Crippen molar-refractivity contribution in [3.63, 3.8) is 0 Å². The van der Waals surface area contributed by atoms with E-state index < -0.39 is 17.8 Å². The number of alkyl carbamates (subject to hydrolysis) is 1. The van der Waals surface area contributed by atoms with Gasteiger partial charge in [0.2, 0.25) is 5.91 Å². The molecule has 2 amide bonds. The van der Waals surface area contributed by atoms with Gasteiger partial charge in [0, 0.05) is 13.0 Å². The number of fused-ring (bicyclic) bond motifs is 1. The van der Waals surface area contributed by atoms with E-state index in [4.69, 9.17) is 4.74 Å². The van der Waals surface area contributed by atoms with E-state index in [1.165, 1.54) is 11.1 Å². The molecule has 0 saturated carbocycles. The van der Waals surface area contributed by atoms with Gasteiger partial charge in [0.05, 0.1) is 12.6 Å². The lowest BCUT2D eigenvalue weighted by Gasteiger charge is -2.20. The summed E-state index contributed by atoms with van der Waals surface area (Å²) in [4.78, 5) is 22.4. The summed E-state index contributed by atoms with van der Waals surface area (Å²) in [6.45, 7) is 6.20. The molecule has 1 unspecified atom stereocenters. The van der Waals surface area contributed by atoms with Crippen molar-refractivity contribution in [1.29, 1.82) is 0 Å². The van der Waals surface area contributed by atoms with Crippen molar-refractivity contribution in [1.82, 2.24) is 10.6 Å². The molecule has 156 valence electrons. The number of carbonyl (C=O) groups excluding carboxylic acids is 2. The van der Waals surface area contributed by atoms with Crippen molar-refractivity contribution in [2.75, 3.05) is 6.54 Å². The first-order chi connectivity index (χ1) is 13.7. The maximum absolute atomic E-state index is 11.3. The van der Waals surface area contributed by atoms with Crippen molar-refractivity contribution in [2.45, 2.75) is 51.9 Å². The number of carbonyl (C=O) groups is 2. The van der Waals surface area contributed by atoms with E-state index in [2.05, 4.69) is 22.8 Å². The molecule has 1 aliphatic rings. The van der Waals surface area contributed by atoms with Gasteiger partial charge in [-0.2, -0.15) is 0 Å². The molecular formula is C23H30N2O4. The van der Waals surface area contributed by atoms with Crippen molar-refractivity contribution < 1.29 is 19.4 Å². The minimum atomic E-state index is -0.719. The van der Waals surface area contributed by atoms with Crippen LogP contribution >= 0.6 is 0 Å². The van der Waals surface area contributed by atoms with Crippen LogP contribution in [0.5, 0.6) is 0 Å². The van der Waals surface area contributed by atoms with Gasteiger partial charge < -0.3 is 20.5 Å². The van der Waals surface area contributed by atoms with E-state index in [0.717, 1.165) is 12.0 Å². The fourth-order valence-corrected chi connectivity index (χ4v) is 2.79. The second-order valence-corrected chi connectivity index (χ2v) is 7.85. The summed E-state index contributed by atoms with van der Waals surface area (Å²) in [7, 11) is 0. The minimum absolute atomic E-state index is 0.138. The normalized spacial score (nSPS) is 14.3. The third-order valence-electron chi connectivity index (χ3n) is 4.24. The summed E-state index contributed by atoms with van der Waals surface area (Å²) in [6.07, 6.45) is 0.259. The van der Waals surface area contributed by atoms with E-state index in [9.17, 15) is 14.7 Å². The fourth-order valence-electron chi connectivity index (χ4n) is 2.79. The molecule has 3 N–H and O–H groups in total. The number of rotatable bonds is 3. The first-order valence-corrected chi connectivity index (χ1v) is 9.78. The second kappa shape index (κ2) is 10.6. The number of aryl methyl sites for hydroxylation is 1. The van der Waals surface area contributed by atoms with Crippen molar-refractivity contribution in [2.24, 2.45) is 0 Å². The van der Waals surface area contributed by atoms with E-state index in [1.54, 1.807) is 32.9 Å². The maximum atomic E-state index is 11.3. The number of ether oxygens (including phenoxy) is 1. The number of hydrogen-bond acceptors (Lipinski definition) is 4. The Kier molecular flexibility index (Phi) is 8.21. The minimum Gasteiger partial charge on any atom is -0.444 e.